The molecule has 1 aliphatic heterocycles. The Morgan fingerprint density at radius 3 is 2.57 bits per heavy atom. The zero-order chi connectivity index (χ0) is 10.8. The van der Waals surface area contributed by atoms with Gasteiger partial charge >= 0.3 is 6.18 Å². The Morgan fingerprint density at radius 1 is 1.43 bits per heavy atom. The first kappa shape index (κ1) is 11.8. The molecule has 2 atom stereocenters. The van der Waals surface area contributed by atoms with E-state index in [0.29, 0.717) is 19.5 Å². The van der Waals surface area contributed by atoms with Gasteiger partial charge in [0, 0.05) is 12.6 Å². The van der Waals surface area contributed by atoms with Crippen molar-refractivity contribution < 1.29 is 13.2 Å². The van der Waals surface area contributed by atoms with Crippen LogP contribution in [-0.2, 0) is 0 Å². The highest BCUT2D eigenvalue weighted by atomic mass is 19.4. The first-order valence-corrected chi connectivity index (χ1v) is 4.97. The summed E-state index contributed by atoms with van der Waals surface area (Å²) in [7, 11) is 0. The van der Waals surface area contributed by atoms with Crippen molar-refractivity contribution in [1.29, 1.82) is 0 Å². The number of hydrogen-bond donors (Lipinski definition) is 1. The smallest absolute Gasteiger partial charge is 0.327 e. The van der Waals surface area contributed by atoms with Crippen molar-refractivity contribution in [3.63, 3.8) is 0 Å². The predicted molar refractivity (Wildman–Crippen MR) is 48.9 cm³/mol. The molecule has 2 nitrogen and oxygen atoms in total. The zero-order valence-electron chi connectivity index (χ0n) is 8.35. The Balaban J connectivity index is 2.43. The Morgan fingerprint density at radius 2 is 2.07 bits per heavy atom. The molecular formula is C9H17F3N2. The summed E-state index contributed by atoms with van der Waals surface area (Å²) in [4.78, 5) is 1.46. The van der Waals surface area contributed by atoms with Gasteiger partial charge in [-0.3, -0.25) is 4.90 Å². The van der Waals surface area contributed by atoms with Gasteiger partial charge in [-0.1, -0.05) is 13.3 Å². The van der Waals surface area contributed by atoms with Crippen LogP contribution in [0.2, 0.25) is 0 Å². The van der Waals surface area contributed by atoms with Gasteiger partial charge < -0.3 is 5.73 Å². The first-order chi connectivity index (χ1) is 6.42. The van der Waals surface area contributed by atoms with E-state index in [1.165, 1.54) is 4.90 Å². The molecule has 1 fully saturated rings. The lowest BCUT2D eigenvalue weighted by Crippen LogP contribution is -2.49. The van der Waals surface area contributed by atoms with Crippen LogP contribution in [0.5, 0.6) is 0 Å². The molecule has 2 N–H and O–H groups in total. The lowest BCUT2D eigenvalue weighted by Gasteiger charge is -2.36. The van der Waals surface area contributed by atoms with Crippen molar-refractivity contribution in [1.82, 2.24) is 4.90 Å². The number of nitrogens with two attached hydrogens (primary N) is 1. The van der Waals surface area contributed by atoms with E-state index in [0.717, 1.165) is 6.42 Å². The average Bonchev–Trinajstić information content (AvgIpc) is 2.06. The lowest BCUT2D eigenvalue weighted by molar-refractivity contribution is -0.150. The number of piperidine rings is 1. The van der Waals surface area contributed by atoms with E-state index in [1.54, 1.807) is 0 Å². The minimum Gasteiger partial charge on any atom is -0.327 e. The third-order valence-electron chi connectivity index (χ3n) is 2.80. The average molecular weight is 210 g/mol. The quantitative estimate of drug-likeness (QED) is 0.750. The van der Waals surface area contributed by atoms with Gasteiger partial charge in [0.25, 0.3) is 0 Å². The summed E-state index contributed by atoms with van der Waals surface area (Å²) in [5.74, 6) is 0.214. The summed E-state index contributed by atoms with van der Waals surface area (Å²) in [5.41, 5.74) is 5.81. The van der Waals surface area contributed by atoms with Crippen LogP contribution in [0.4, 0.5) is 13.2 Å². The van der Waals surface area contributed by atoms with Gasteiger partial charge in [0.05, 0.1) is 6.54 Å². The van der Waals surface area contributed by atoms with Crippen molar-refractivity contribution in [3.05, 3.63) is 0 Å². The highest BCUT2D eigenvalue weighted by Crippen LogP contribution is 2.23. The molecule has 0 aromatic carbocycles. The molecule has 0 amide bonds. The van der Waals surface area contributed by atoms with E-state index in [-0.39, 0.29) is 12.0 Å². The van der Waals surface area contributed by atoms with Gasteiger partial charge in [-0.05, 0) is 18.9 Å². The third-order valence-corrected chi connectivity index (χ3v) is 2.80. The molecule has 0 radical (unpaired) electrons. The molecule has 0 saturated carbocycles. The predicted octanol–water partition coefficient (Wildman–Crippen LogP) is 1.61. The lowest BCUT2D eigenvalue weighted by atomic mass is 9.91. The summed E-state index contributed by atoms with van der Waals surface area (Å²) < 4.78 is 36.3. The van der Waals surface area contributed by atoms with E-state index in [4.69, 9.17) is 5.73 Å². The highest BCUT2D eigenvalue weighted by Gasteiger charge is 2.34. The van der Waals surface area contributed by atoms with Gasteiger partial charge in [0.2, 0.25) is 0 Å². The molecule has 84 valence electrons. The molecule has 1 aliphatic rings. The molecule has 14 heavy (non-hydrogen) atoms. The molecule has 1 saturated heterocycles. The van der Waals surface area contributed by atoms with E-state index in [1.807, 2.05) is 6.92 Å². The van der Waals surface area contributed by atoms with Gasteiger partial charge in [0.1, 0.15) is 0 Å². The summed E-state index contributed by atoms with van der Waals surface area (Å²) in [6, 6.07) is 0.0736. The fourth-order valence-electron chi connectivity index (χ4n) is 1.95. The summed E-state index contributed by atoms with van der Waals surface area (Å²) >= 11 is 0. The van der Waals surface area contributed by atoms with Crippen LogP contribution in [0, 0.1) is 5.92 Å². The number of alkyl halides is 3. The van der Waals surface area contributed by atoms with Crippen molar-refractivity contribution in [3.8, 4) is 0 Å². The summed E-state index contributed by atoms with van der Waals surface area (Å²) in [6.45, 7) is 2.13. The van der Waals surface area contributed by atoms with Crippen LogP contribution in [-0.4, -0.2) is 36.8 Å². The van der Waals surface area contributed by atoms with Gasteiger partial charge in [-0.25, -0.2) is 0 Å². The van der Waals surface area contributed by atoms with Crippen LogP contribution < -0.4 is 5.73 Å². The van der Waals surface area contributed by atoms with E-state index in [9.17, 15) is 13.2 Å². The minimum absolute atomic E-state index is 0.0736. The molecule has 1 heterocycles. The number of likely N-dealkylation sites (tertiary alicyclic amines) is 1. The Hall–Kier alpha value is -0.290. The van der Waals surface area contributed by atoms with Crippen LogP contribution in [0.3, 0.4) is 0 Å². The van der Waals surface area contributed by atoms with Gasteiger partial charge in [0.15, 0.2) is 0 Å². The number of halogens is 3. The fraction of sp³-hybridized carbons (Fsp3) is 1.00. The molecule has 1 rings (SSSR count). The Labute approximate surface area is 82.2 Å². The van der Waals surface area contributed by atoms with Crippen LogP contribution in [0.25, 0.3) is 0 Å². The zero-order valence-corrected chi connectivity index (χ0v) is 8.35. The third kappa shape index (κ3) is 3.46. The Kier molecular flexibility index (Phi) is 3.78. The molecular weight excluding hydrogens is 193 g/mol. The second kappa shape index (κ2) is 4.49. The maximum absolute atomic E-state index is 12.1. The molecule has 5 heteroatoms. The second-order valence-corrected chi connectivity index (χ2v) is 3.97. The van der Waals surface area contributed by atoms with E-state index < -0.39 is 12.7 Å². The van der Waals surface area contributed by atoms with Crippen molar-refractivity contribution in [2.75, 3.05) is 19.6 Å². The standard InChI is InChI=1S/C9H17F3N2/c1-2-7-5-14(4-3-8(7)13)6-9(10,11)12/h7-8H,2-6,13H2,1H3. The number of hydrogen-bond acceptors (Lipinski definition) is 2. The molecule has 0 aliphatic carbocycles. The topological polar surface area (TPSA) is 29.3 Å². The SMILES string of the molecule is CCC1CN(CC(F)(F)F)CCC1N. The van der Waals surface area contributed by atoms with Gasteiger partial charge in [-0.15, -0.1) is 0 Å². The largest absolute Gasteiger partial charge is 0.401 e. The summed E-state index contributed by atoms with van der Waals surface area (Å²) in [6.07, 6.45) is -2.55. The van der Waals surface area contributed by atoms with Crippen LogP contribution in [0.1, 0.15) is 19.8 Å². The highest BCUT2D eigenvalue weighted by molar-refractivity contribution is 4.82. The molecule has 0 aromatic heterocycles. The first-order valence-electron chi connectivity index (χ1n) is 4.97. The van der Waals surface area contributed by atoms with Crippen molar-refractivity contribution in [2.45, 2.75) is 32.0 Å². The van der Waals surface area contributed by atoms with Crippen molar-refractivity contribution >= 4 is 0 Å². The fourth-order valence-corrected chi connectivity index (χ4v) is 1.95. The second-order valence-electron chi connectivity index (χ2n) is 3.97. The molecule has 0 spiro atoms. The Bertz CT molecular complexity index is 181. The number of rotatable bonds is 2. The molecule has 0 aromatic rings. The molecule has 0 bridgehead atoms. The maximum Gasteiger partial charge on any atom is 0.401 e. The minimum atomic E-state index is -4.08. The normalized spacial score (nSPS) is 30.6. The van der Waals surface area contributed by atoms with E-state index in [2.05, 4.69) is 0 Å². The maximum atomic E-state index is 12.1. The monoisotopic (exact) mass is 210 g/mol. The van der Waals surface area contributed by atoms with Crippen molar-refractivity contribution in [2.24, 2.45) is 11.7 Å². The van der Waals surface area contributed by atoms with Crippen LogP contribution >= 0.6 is 0 Å². The van der Waals surface area contributed by atoms with Gasteiger partial charge in [-0.2, -0.15) is 13.2 Å². The van der Waals surface area contributed by atoms with Crippen LogP contribution in [0.15, 0.2) is 0 Å². The molecule has 2 unspecified atom stereocenters. The number of nitrogens with zero attached hydrogens (tertiary/aromatic N) is 1. The summed E-state index contributed by atoms with van der Waals surface area (Å²) in [5, 5.41) is 0. The van der Waals surface area contributed by atoms with E-state index >= 15 is 0 Å².